The van der Waals surface area contributed by atoms with E-state index in [4.69, 9.17) is 4.74 Å². The minimum absolute atomic E-state index is 0.0984. The second-order valence-electron chi connectivity index (χ2n) is 10.6. The van der Waals surface area contributed by atoms with Crippen LogP contribution in [0.15, 0.2) is 79.1 Å². The summed E-state index contributed by atoms with van der Waals surface area (Å²) in [6, 6.07) is 21.5. The first kappa shape index (κ1) is 25.9. The van der Waals surface area contributed by atoms with E-state index in [1.54, 1.807) is 18.0 Å². The number of methoxy groups -OCH3 is 1. The number of nitrogens with zero attached hydrogens (tertiary/aromatic N) is 5. The average molecular weight is 521 g/mol. The van der Waals surface area contributed by atoms with Crippen molar-refractivity contribution in [3.05, 3.63) is 95.8 Å². The van der Waals surface area contributed by atoms with E-state index in [1.807, 2.05) is 91.5 Å². The number of anilines is 1. The number of aromatic nitrogens is 5. The van der Waals surface area contributed by atoms with Crippen molar-refractivity contribution in [3.8, 4) is 34.2 Å². The van der Waals surface area contributed by atoms with Crippen LogP contribution in [-0.4, -0.2) is 37.6 Å². The minimum Gasteiger partial charge on any atom is -0.496 e. The largest absolute Gasteiger partial charge is 0.496 e. The second-order valence-corrected chi connectivity index (χ2v) is 10.6. The zero-order valence-corrected chi connectivity index (χ0v) is 23.1. The van der Waals surface area contributed by atoms with Crippen LogP contribution >= 0.6 is 0 Å². The third-order valence-corrected chi connectivity index (χ3v) is 6.80. The summed E-state index contributed by atoms with van der Waals surface area (Å²) in [6.45, 7) is 8.34. The van der Waals surface area contributed by atoms with Crippen molar-refractivity contribution < 1.29 is 9.53 Å². The summed E-state index contributed by atoms with van der Waals surface area (Å²) in [5.74, 6) is 1.14. The SMILES string of the molecule is COc1ccc(C(C)(C)C)cc1C(=O)Nc1ccc(C)c(-n2cc(-c3cnc(-c4ccccc4)n3C)nn2)c1. The lowest BCUT2D eigenvalue weighted by Crippen LogP contribution is -2.17. The summed E-state index contributed by atoms with van der Waals surface area (Å²) in [4.78, 5) is 17.9. The number of hydrogen-bond donors (Lipinski definition) is 1. The summed E-state index contributed by atoms with van der Waals surface area (Å²) in [5, 5.41) is 11.8. The first-order valence-corrected chi connectivity index (χ1v) is 12.8. The number of hydrogen-bond acceptors (Lipinski definition) is 5. The molecule has 0 aliphatic heterocycles. The number of aryl methyl sites for hydroxylation is 1. The highest BCUT2D eigenvalue weighted by molar-refractivity contribution is 6.06. The molecule has 39 heavy (non-hydrogen) atoms. The van der Waals surface area contributed by atoms with Crippen LogP contribution in [0.3, 0.4) is 0 Å². The number of imidazole rings is 1. The minimum atomic E-state index is -0.240. The molecule has 0 saturated heterocycles. The first-order chi connectivity index (χ1) is 18.7. The Morgan fingerprint density at radius 1 is 1.00 bits per heavy atom. The second kappa shape index (κ2) is 10.2. The molecule has 2 aromatic heterocycles. The van der Waals surface area contributed by atoms with Crippen LogP contribution in [0.5, 0.6) is 5.75 Å². The van der Waals surface area contributed by atoms with E-state index in [-0.39, 0.29) is 11.3 Å². The van der Waals surface area contributed by atoms with Gasteiger partial charge in [0.05, 0.1) is 36.4 Å². The van der Waals surface area contributed by atoms with Crippen molar-refractivity contribution in [2.24, 2.45) is 7.05 Å². The smallest absolute Gasteiger partial charge is 0.259 e. The Balaban J connectivity index is 1.42. The molecular formula is C31H32N6O2. The Labute approximate surface area is 228 Å². The molecule has 2 heterocycles. The van der Waals surface area contributed by atoms with Gasteiger partial charge < -0.3 is 14.6 Å². The van der Waals surface area contributed by atoms with Gasteiger partial charge >= 0.3 is 0 Å². The molecule has 0 radical (unpaired) electrons. The maximum absolute atomic E-state index is 13.3. The molecule has 0 aliphatic carbocycles. The van der Waals surface area contributed by atoms with Crippen LogP contribution in [0.4, 0.5) is 5.69 Å². The predicted octanol–water partition coefficient (Wildman–Crippen LogP) is 6.20. The molecule has 8 nitrogen and oxygen atoms in total. The lowest BCUT2D eigenvalue weighted by molar-refractivity contribution is 0.102. The summed E-state index contributed by atoms with van der Waals surface area (Å²) >= 11 is 0. The summed E-state index contributed by atoms with van der Waals surface area (Å²) in [6.07, 6.45) is 3.68. The number of amides is 1. The molecule has 8 heteroatoms. The fourth-order valence-electron chi connectivity index (χ4n) is 4.49. The monoisotopic (exact) mass is 520 g/mol. The van der Waals surface area contributed by atoms with Gasteiger partial charge in [0.15, 0.2) is 0 Å². The topological polar surface area (TPSA) is 86.9 Å². The van der Waals surface area contributed by atoms with Crippen LogP contribution in [0.1, 0.15) is 42.3 Å². The molecule has 1 N–H and O–H groups in total. The van der Waals surface area contributed by atoms with Gasteiger partial charge in [-0.05, 0) is 47.7 Å². The van der Waals surface area contributed by atoms with Crippen molar-refractivity contribution in [1.82, 2.24) is 24.5 Å². The summed E-state index contributed by atoms with van der Waals surface area (Å²) < 4.78 is 9.20. The van der Waals surface area contributed by atoms with Crippen LogP contribution in [0.2, 0.25) is 0 Å². The molecule has 0 spiro atoms. The first-order valence-electron chi connectivity index (χ1n) is 12.8. The lowest BCUT2D eigenvalue weighted by atomic mass is 9.86. The number of nitrogens with one attached hydrogen (secondary N) is 1. The Hall–Kier alpha value is -4.72. The van der Waals surface area contributed by atoms with Crippen molar-refractivity contribution in [1.29, 1.82) is 0 Å². The normalized spacial score (nSPS) is 11.4. The highest BCUT2D eigenvalue weighted by atomic mass is 16.5. The third kappa shape index (κ3) is 5.18. The average Bonchev–Trinajstić information content (AvgIpc) is 3.56. The zero-order valence-electron chi connectivity index (χ0n) is 23.1. The fourth-order valence-corrected chi connectivity index (χ4v) is 4.49. The Morgan fingerprint density at radius 3 is 2.49 bits per heavy atom. The Bertz CT molecular complexity index is 1640. The van der Waals surface area contributed by atoms with Crippen LogP contribution in [-0.2, 0) is 12.5 Å². The van der Waals surface area contributed by atoms with Crippen molar-refractivity contribution in [2.75, 3.05) is 12.4 Å². The van der Waals surface area contributed by atoms with Gasteiger partial charge in [-0.1, -0.05) is 68.4 Å². The van der Waals surface area contributed by atoms with Crippen molar-refractivity contribution in [3.63, 3.8) is 0 Å². The van der Waals surface area contributed by atoms with Crippen molar-refractivity contribution >= 4 is 11.6 Å². The maximum atomic E-state index is 13.3. The highest BCUT2D eigenvalue weighted by Gasteiger charge is 2.20. The van der Waals surface area contributed by atoms with Gasteiger partial charge in [0.2, 0.25) is 0 Å². The number of benzene rings is 3. The summed E-state index contributed by atoms with van der Waals surface area (Å²) in [5.41, 5.74) is 6.48. The van der Waals surface area contributed by atoms with E-state index >= 15 is 0 Å². The van der Waals surface area contributed by atoms with Gasteiger partial charge in [-0.2, -0.15) is 0 Å². The Morgan fingerprint density at radius 2 is 1.77 bits per heavy atom. The fraction of sp³-hybridized carbons (Fsp3) is 0.226. The molecular weight excluding hydrogens is 488 g/mol. The summed E-state index contributed by atoms with van der Waals surface area (Å²) in [7, 11) is 3.54. The van der Waals surface area contributed by atoms with Gasteiger partial charge in [0.25, 0.3) is 5.91 Å². The lowest BCUT2D eigenvalue weighted by Gasteiger charge is -2.21. The van der Waals surface area contributed by atoms with Crippen LogP contribution < -0.4 is 10.1 Å². The van der Waals surface area contributed by atoms with E-state index in [0.29, 0.717) is 22.7 Å². The molecule has 0 aliphatic rings. The van der Waals surface area contributed by atoms with Crippen molar-refractivity contribution in [2.45, 2.75) is 33.1 Å². The molecule has 0 atom stereocenters. The van der Waals surface area contributed by atoms with Gasteiger partial charge in [-0.25, -0.2) is 9.67 Å². The van der Waals surface area contributed by atoms with Gasteiger partial charge in [-0.3, -0.25) is 4.79 Å². The number of carbonyl (C=O) groups is 1. The third-order valence-electron chi connectivity index (χ3n) is 6.80. The molecule has 0 fully saturated rings. The highest BCUT2D eigenvalue weighted by Crippen LogP contribution is 2.30. The van der Waals surface area contributed by atoms with E-state index in [1.165, 1.54) is 0 Å². The molecule has 0 bridgehead atoms. The van der Waals surface area contributed by atoms with Crippen LogP contribution in [0, 0.1) is 6.92 Å². The predicted molar refractivity (Wildman–Crippen MR) is 153 cm³/mol. The molecule has 0 saturated carbocycles. The molecule has 3 aromatic carbocycles. The van der Waals surface area contributed by atoms with Gasteiger partial charge in [0.1, 0.15) is 17.3 Å². The van der Waals surface area contributed by atoms with E-state index < -0.39 is 0 Å². The standard InChI is InChI=1S/C31H32N6O2/c1-20-12-14-23(33-30(38)24-16-22(31(2,3)4)13-15-28(24)39-6)17-26(20)37-19-25(34-35-37)27-18-32-29(36(27)5)21-10-8-7-9-11-21/h7-19H,1-6H3,(H,33,38). The molecule has 198 valence electrons. The van der Waals surface area contributed by atoms with Gasteiger partial charge in [0, 0.05) is 18.3 Å². The molecule has 5 rings (SSSR count). The number of ether oxygens (including phenoxy) is 1. The molecule has 0 unspecified atom stereocenters. The van der Waals surface area contributed by atoms with Gasteiger partial charge in [-0.15, -0.1) is 5.10 Å². The zero-order chi connectivity index (χ0) is 27.7. The van der Waals surface area contributed by atoms with E-state index in [9.17, 15) is 4.79 Å². The number of rotatable bonds is 6. The maximum Gasteiger partial charge on any atom is 0.259 e. The van der Waals surface area contributed by atoms with E-state index in [2.05, 4.69) is 41.4 Å². The molecule has 1 amide bonds. The van der Waals surface area contributed by atoms with Crippen LogP contribution in [0.25, 0.3) is 28.5 Å². The molecule has 5 aromatic rings. The quantitative estimate of drug-likeness (QED) is 0.288. The van der Waals surface area contributed by atoms with E-state index in [0.717, 1.165) is 33.9 Å². The Kier molecular flexibility index (Phi) is 6.78. The number of carbonyl (C=O) groups excluding carboxylic acids is 1.